The maximum atomic E-state index is 12.3. The molecule has 1 aliphatic heterocycles. The highest BCUT2D eigenvalue weighted by atomic mass is 16.4. The largest absolute Gasteiger partial charge is 0.481 e. The molecule has 6 heteroatoms. The quantitative estimate of drug-likeness (QED) is 0.858. The Labute approximate surface area is 147 Å². The zero-order valence-electron chi connectivity index (χ0n) is 14.2. The van der Waals surface area contributed by atoms with E-state index in [0.29, 0.717) is 38.6 Å². The lowest BCUT2D eigenvalue weighted by Crippen LogP contribution is -2.34. The van der Waals surface area contributed by atoms with Gasteiger partial charge in [-0.1, -0.05) is 12.1 Å². The van der Waals surface area contributed by atoms with E-state index in [1.54, 1.807) is 4.90 Å². The van der Waals surface area contributed by atoms with E-state index in [0.717, 1.165) is 24.2 Å². The highest BCUT2D eigenvalue weighted by Gasteiger charge is 2.29. The van der Waals surface area contributed by atoms with Gasteiger partial charge in [0.05, 0.1) is 5.92 Å². The highest BCUT2D eigenvalue weighted by molar-refractivity contribution is 5.95. The maximum absolute atomic E-state index is 12.3. The minimum atomic E-state index is -0.754. The molecule has 3 rings (SSSR count). The predicted octanol–water partition coefficient (Wildman–Crippen LogP) is 2.32. The van der Waals surface area contributed by atoms with Crippen LogP contribution in [0.25, 0.3) is 0 Å². The SMILES string of the molecule is O=C(O)C1CCC(C(=O)NCc2ccc(N3CCCC3=O)cc2)CC1. The van der Waals surface area contributed by atoms with E-state index in [1.165, 1.54) is 0 Å². The minimum Gasteiger partial charge on any atom is -0.481 e. The lowest BCUT2D eigenvalue weighted by molar-refractivity contribution is -0.144. The molecule has 0 atom stereocenters. The molecule has 2 fully saturated rings. The fraction of sp³-hybridized carbons (Fsp3) is 0.526. The zero-order valence-corrected chi connectivity index (χ0v) is 14.2. The van der Waals surface area contributed by atoms with Crippen molar-refractivity contribution in [1.29, 1.82) is 0 Å². The lowest BCUT2D eigenvalue weighted by Gasteiger charge is -2.25. The summed E-state index contributed by atoms with van der Waals surface area (Å²) in [5.41, 5.74) is 1.90. The Morgan fingerprint density at radius 2 is 1.72 bits per heavy atom. The van der Waals surface area contributed by atoms with Crippen molar-refractivity contribution in [3.63, 3.8) is 0 Å². The smallest absolute Gasteiger partial charge is 0.306 e. The van der Waals surface area contributed by atoms with Gasteiger partial charge in [-0.05, 0) is 49.8 Å². The Morgan fingerprint density at radius 3 is 2.28 bits per heavy atom. The minimum absolute atomic E-state index is 0.00244. The molecule has 1 aromatic carbocycles. The molecule has 1 saturated heterocycles. The van der Waals surface area contributed by atoms with Gasteiger partial charge in [-0.3, -0.25) is 14.4 Å². The Bertz CT molecular complexity index is 648. The molecule has 1 aliphatic carbocycles. The number of aliphatic carboxylic acids is 1. The third-order valence-corrected chi connectivity index (χ3v) is 5.24. The molecule has 134 valence electrons. The van der Waals surface area contributed by atoms with E-state index in [1.807, 2.05) is 24.3 Å². The third kappa shape index (κ3) is 4.18. The van der Waals surface area contributed by atoms with Gasteiger partial charge in [0.1, 0.15) is 0 Å². The number of carboxylic acid groups (broad SMARTS) is 1. The lowest BCUT2D eigenvalue weighted by atomic mass is 9.81. The number of amides is 2. The van der Waals surface area contributed by atoms with E-state index in [-0.39, 0.29) is 23.7 Å². The van der Waals surface area contributed by atoms with E-state index in [4.69, 9.17) is 5.11 Å². The topological polar surface area (TPSA) is 86.7 Å². The molecule has 6 nitrogen and oxygen atoms in total. The monoisotopic (exact) mass is 344 g/mol. The number of nitrogens with zero attached hydrogens (tertiary/aromatic N) is 1. The number of rotatable bonds is 5. The van der Waals surface area contributed by atoms with E-state index < -0.39 is 5.97 Å². The zero-order chi connectivity index (χ0) is 17.8. The summed E-state index contributed by atoms with van der Waals surface area (Å²) < 4.78 is 0. The molecule has 1 aromatic rings. The van der Waals surface area contributed by atoms with Crippen LogP contribution in [0, 0.1) is 11.8 Å². The first-order valence-corrected chi connectivity index (χ1v) is 8.94. The Kier molecular flexibility index (Phi) is 5.36. The van der Waals surface area contributed by atoms with Gasteiger partial charge in [0, 0.05) is 31.1 Å². The number of hydrogen-bond donors (Lipinski definition) is 2. The number of anilines is 1. The van der Waals surface area contributed by atoms with Crippen molar-refractivity contribution in [3.05, 3.63) is 29.8 Å². The van der Waals surface area contributed by atoms with Crippen LogP contribution < -0.4 is 10.2 Å². The molecule has 1 saturated carbocycles. The summed E-state index contributed by atoms with van der Waals surface area (Å²) in [5.74, 6) is -0.974. The summed E-state index contributed by atoms with van der Waals surface area (Å²) in [7, 11) is 0. The number of benzene rings is 1. The molecule has 2 amide bonds. The van der Waals surface area contributed by atoms with Crippen molar-refractivity contribution in [3.8, 4) is 0 Å². The van der Waals surface area contributed by atoms with Gasteiger partial charge in [-0.25, -0.2) is 0 Å². The highest BCUT2D eigenvalue weighted by Crippen LogP contribution is 2.29. The average molecular weight is 344 g/mol. The number of hydrogen-bond acceptors (Lipinski definition) is 3. The maximum Gasteiger partial charge on any atom is 0.306 e. The molecule has 1 heterocycles. The van der Waals surface area contributed by atoms with Gasteiger partial charge in [0.2, 0.25) is 11.8 Å². The van der Waals surface area contributed by atoms with Gasteiger partial charge in [-0.2, -0.15) is 0 Å². The summed E-state index contributed by atoms with van der Waals surface area (Å²) >= 11 is 0. The van der Waals surface area contributed by atoms with Crippen molar-refractivity contribution in [2.45, 2.75) is 45.1 Å². The van der Waals surface area contributed by atoms with Crippen LogP contribution in [0.2, 0.25) is 0 Å². The van der Waals surface area contributed by atoms with Crippen molar-refractivity contribution in [2.75, 3.05) is 11.4 Å². The summed E-state index contributed by atoms with van der Waals surface area (Å²) in [6.45, 7) is 1.22. The van der Waals surface area contributed by atoms with Crippen LogP contribution in [0.1, 0.15) is 44.1 Å². The van der Waals surface area contributed by atoms with E-state index in [2.05, 4.69) is 5.32 Å². The number of carbonyl (C=O) groups is 3. The van der Waals surface area contributed by atoms with Crippen LogP contribution in [0.3, 0.4) is 0 Å². The molecule has 0 spiro atoms. The molecule has 0 bridgehead atoms. The summed E-state index contributed by atoms with van der Waals surface area (Å²) in [4.78, 5) is 36.8. The van der Waals surface area contributed by atoms with E-state index in [9.17, 15) is 14.4 Å². The van der Waals surface area contributed by atoms with Crippen molar-refractivity contribution in [1.82, 2.24) is 5.32 Å². The van der Waals surface area contributed by atoms with Gasteiger partial charge >= 0.3 is 5.97 Å². The van der Waals surface area contributed by atoms with Gasteiger partial charge < -0.3 is 15.3 Å². The normalized spacial score (nSPS) is 23.5. The van der Waals surface area contributed by atoms with Crippen LogP contribution >= 0.6 is 0 Å². The molecular formula is C19H24N2O4. The first-order valence-electron chi connectivity index (χ1n) is 8.94. The third-order valence-electron chi connectivity index (χ3n) is 5.24. The molecule has 0 aromatic heterocycles. The molecular weight excluding hydrogens is 320 g/mol. The van der Waals surface area contributed by atoms with E-state index >= 15 is 0 Å². The Balaban J connectivity index is 1.48. The first-order chi connectivity index (χ1) is 12.0. The molecule has 0 unspecified atom stereocenters. The average Bonchev–Trinajstić information content (AvgIpc) is 3.06. The van der Waals surface area contributed by atoms with Crippen LogP contribution in [0.4, 0.5) is 5.69 Å². The molecule has 2 N–H and O–H groups in total. The standard InChI is InChI=1S/C19H24N2O4/c22-17-2-1-11-21(17)16-9-3-13(4-10-16)12-20-18(23)14-5-7-15(8-6-14)19(24)25/h3-4,9-10,14-15H,1-2,5-8,11-12H2,(H,20,23)(H,24,25). The van der Waals surface area contributed by atoms with Gasteiger partial charge in [0.15, 0.2) is 0 Å². The van der Waals surface area contributed by atoms with Crippen LogP contribution in [-0.2, 0) is 20.9 Å². The number of nitrogens with one attached hydrogen (secondary N) is 1. The van der Waals surface area contributed by atoms with Gasteiger partial charge in [-0.15, -0.1) is 0 Å². The molecule has 0 radical (unpaired) electrons. The molecule has 2 aliphatic rings. The van der Waals surface area contributed by atoms with Crippen molar-refractivity contribution >= 4 is 23.5 Å². The van der Waals surface area contributed by atoms with Gasteiger partial charge in [0.25, 0.3) is 0 Å². The second-order valence-corrected chi connectivity index (χ2v) is 6.92. The molecule has 25 heavy (non-hydrogen) atoms. The summed E-state index contributed by atoms with van der Waals surface area (Å²) in [6, 6.07) is 7.70. The first kappa shape index (κ1) is 17.5. The van der Waals surface area contributed by atoms with Crippen LogP contribution in [0.5, 0.6) is 0 Å². The van der Waals surface area contributed by atoms with Crippen LogP contribution in [-0.4, -0.2) is 29.4 Å². The fourth-order valence-electron chi connectivity index (χ4n) is 3.65. The second-order valence-electron chi connectivity index (χ2n) is 6.92. The Morgan fingerprint density at radius 1 is 1.08 bits per heavy atom. The second kappa shape index (κ2) is 7.68. The van der Waals surface area contributed by atoms with Crippen molar-refractivity contribution in [2.24, 2.45) is 11.8 Å². The predicted molar refractivity (Wildman–Crippen MR) is 93.0 cm³/mol. The summed E-state index contributed by atoms with van der Waals surface area (Å²) in [5, 5.41) is 12.0. The Hall–Kier alpha value is -2.37. The fourth-order valence-corrected chi connectivity index (χ4v) is 3.65. The van der Waals surface area contributed by atoms with Crippen molar-refractivity contribution < 1.29 is 19.5 Å². The number of carbonyl (C=O) groups excluding carboxylic acids is 2. The number of carboxylic acids is 1. The van der Waals surface area contributed by atoms with Crippen LogP contribution in [0.15, 0.2) is 24.3 Å². The summed E-state index contributed by atoms with van der Waals surface area (Å²) in [6.07, 6.45) is 3.94.